The number of esters is 1. The van der Waals surface area contributed by atoms with Crippen molar-refractivity contribution in [3.63, 3.8) is 0 Å². The summed E-state index contributed by atoms with van der Waals surface area (Å²) in [6, 6.07) is 0. The zero-order valence-corrected chi connectivity index (χ0v) is 9.95. The van der Waals surface area contributed by atoms with Crippen LogP contribution in [0, 0.1) is 0 Å². The molecule has 0 saturated heterocycles. The van der Waals surface area contributed by atoms with E-state index in [4.69, 9.17) is 5.11 Å². The van der Waals surface area contributed by atoms with Crippen LogP contribution in [0.4, 0.5) is 0 Å². The van der Waals surface area contributed by atoms with Crippen molar-refractivity contribution in [3.05, 3.63) is 12.2 Å². The first-order chi connectivity index (χ1) is 5.66. The Morgan fingerprint density at radius 3 is 2.54 bits per heavy atom. The van der Waals surface area contributed by atoms with Gasteiger partial charge in [-0.05, 0) is 6.42 Å². The first kappa shape index (κ1) is 15.2. The van der Waals surface area contributed by atoms with Gasteiger partial charge in [0.2, 0.25) is 0 Å². The van der Waals surface area contributed by atoms with Crippen LogP contribution in [0.2, 0.25) is 0 Å². The van der Waals surface area contributed by atoms with E-state index < -0.39 is 11.9 Å². The molecular weight excluding hydrogens is 183 g/mol. The molecule has 0 atom stereocenters. The van der Waals surface area contributed by atoms with E-state index in [2.05, 4.69) is 4.74 Å². The van der Waals surface area contributed by atoms with Crippen molar-refractivity contribution < 1.29 is 50.4 Å². The molecule has 0 bridgehead atoms. The van der Waals surface area contributed by atoms with Crippen LogP contribution in [0.25, 0.3) is 0 Å². The van der Waals surface area contributed by atoms with Gasteiger partial charge < -0.3 is 11.3 Å². The number of ether oxygens (including phenoxy) is 1. The number of carboxylic acid groups (broad SMARTS) is 1. The fourth-order valence-corrected chi connectivity index (χ4v) is 0.505. The topological polar surface area (TPSA) is 63.6 Å². The van der Waals surface area contributed by atoms with Gasteiger partial charge in [-0.1, -0.05) is 13.3 Å². The average molecular weight is 196 g/mol. The molecule has 0 aromatic carbocycles. The van der Waals surface area contributed by atoms with Crippen molar-refractivity contribution in [1.82, 2.24) is 0 Å². The summed E-state index contributed by atoms with van der Waals surface area (Å²) in [5.41, 5.74) is 0. The van der Waals surface area contributed by atoms with E-state index in [0.29, 0.717) is 6.61 Å². The van der Waals surface area contributed by atoms with Crippen molar-refractivity contribution in [2.75, 3.05) is 6.61 Å². The van der Waals surface area contributed by atoms with Crippen molar-refractivity contribution in [3.8, 4) is 0 Å². The SMILES string of the molecule is CCCCOC(=O)/C=C\C(=O)O.[H-].[Na+]. The van der Waals surface area contributed by atoms with Crippen LogP contribution in [0.5, 0.6) is 0 Å². The molecule has 0 aliphatic carbocycles. The van der Waals surface area contributed by atoms with Crippen molar-refractivity contribution in [2.24, 2.45) is 0 Å². The van der Waals surface area contributed by atoms with E-state index in [1.807, 2.05) is 6.92 Å². The van der Waals surface area contributed by atoms with Gasteiger partial charge in [-0.25, -0.2) is 9.59 Å². The number of hydrogen-bond acceptors (Lipinski definition) is 3. The first-order valence-electron chi connectivity index (χ1n) is 3.74. The molecule has 0 aromatic rings. The number of aliphatic carboxylic acids is 1. The number of rotatable bonds is 5. The molecule has 0 fully saturated rings. The molecule has 0 rings (SSSR count). The van der Waals surface area contributed by atoms with Gasteiger partial charge in [0.1, 0.15) is 0 Å². The fourth-order valence-electron chi connectivity index (χ4n) is 0.505. The molecule has 0 saturated carbocycles. The molecule has 5 heteroatoms. The van der Waals surface area contributed by atoms with Crippen LogP contribution in [0.1, 0.15) is 21.2 Å². The van der Waals surface area contributed by atoms with Crippen molar-refractivity contribution >= 4 is 11.9 Å². The number of carbonyl (C=O) groups is 2. The maximum absolute atomic E-state index is 10.6. The minimum absolute atomic E-state index is 0. The van der Waals surface area contributed by atoms with E-state index in [9.17, 15) is 9.59 Å². The number of carbonyl (C=O) groups excluding carboxylic acids is 1. The molecule has 0 radical (unpaired) electrons. The maximum atomic E-state index is 10.6. The van der Waals surface area contributed by atoms with Crippen LogP contribution in [0.3, 0.4) is 0 Å². The Labute approximate surface area is 101 Å². The van der Waals surface area contributed by atoms with Gasteiger partial charge in [-0.3, -0.25) is 0 Å². The molecule has 0 aliphatic heterocycles. The third kappa shape index (κ3) is 11.7. The molecule has 1 N–H and O–H groups in total. The molecule has 70 valence electrons. The van der Waals surface area contributed by atoms with Crippen LogP contribution in [-0.4, -0.2) is 23.7 Å². The predicted molar refractivity (Wildman–Crippen MR) is 43.8 cm³/mol. The fraction of sp³-hybridized carbons (Fsp3) is 0.500. The van der Waals surface area contributed by atoms with Crippen LogP contribution in [0.15, 0.2) is 12.2 Å². The Morgan fingerprint density at radius 1 is 1.46 bits per heavy atom. The van der Waals surface area contributed by atoms with E-state index in [0.717, 1.165) is 25.0 Å². The minimum Gasteiger partial charge on any atom is -1.00 e. The second kappa shape index (κ2) is 9.77. The predicted octanol–water partition coefficient (Wildman–Crippen LogP) is -1.91. The number of carboxylic acids is 1. The van der Waals surface area contributed by atoms with E-state index in [1.165, 1.54) is 0 Å². The van der Waals surface area contributed by atoms with Gasteiger partial charge in [-0.2, -0.15) is 0 Å². The van der Waals surface area contributed by atoms with Crippen molar-refractivity contribution in [1.29, 1.82) is 0 Å². The monoisotopic (exact) mass is 196 g/mol. The molecule has 0 aliphatic rings. The summed E-state index contributed by atoms with van der Waals surface area (Å²) in [4.78, 5) is 20.6. The van der Waals surface area contributed by atoms with Gasteiger partial charge in [-0.15, -0.1) is 0 Å². The molecular formula is C8H13NaO4. The number of hydrogen-bond donors (Lipinski definition) is 1. The average Bonchev–Trinajstić information content (AvgIpc) is 2.01. The Balaban J connectivity index is -0.000000605. The maximum Gasteiger partial charge on any atom is 1.00 e. The summed E-state index contributed by atoms with van der Waals surface area (Å²) in [7, 11) is 0. The van der Waals surface area contributed by atoms with E-state index in [1.54, 1.807) is 0 Å². The Bertz CT molecular complexity index is 194. The Kier molecular flexibility index (Phi) is 11.4. The summed E-state index contributed by atoms with van der Waals surface area (Å²) in [5, 5.41) is 8.14. The summed E-state index contributed by atoms with van der Waals surface area (Å²) in [6.45, 7) is 2.32. The van der Waals surface area contributed by atoms with Gasteiger partial charge in [0, 0.05) is 12.2 Å². The zero-order chi connectivity index (χ0) is 9.40. The number of unbranched alkanes of at least 4 members (excludes halogenated alkanes) is 1. The standard InChI is InChI=1S/C8H12O4.Na.H/c1-2-3-6-12-8(11)5-4-7(9)10;;/h4-5H,2-3,6H2,1H3,(H,9,10);;/q;+1;-1/b5-4-;;. The Morgan fingerprint density at radius 2 is 2.08 bits per heavy atom. The van der Waals surface area contributed by atoms with E-state index >= 15 is 0 Å². The largest absolute Gasteiger partial charge is 1.00 e. The minimum atomic E-state index is -1.15. The van der Waals surface area contributed by atoms with Crippen LogP contribution < -0.4 is 29.6 Å². The van der Waals surface area contributed by atoms with Crippen molar-refractivity contribution in [2.45, 2.75) is 19.8 Å². The molecule has 0 unspecified atom stereocenters. The molecule has 0 heterocycles. The normalized spacial score (nSPS) is 9.31. The first-order valence-corrected chi connectivity index (χ1v) is 3.74. The summed E-state index contributed by atoms with van der Waals surface area (Å²) in [6.07, 6.45) is 3.40. The van der Waals surface area contributed by atoms with Gasteiger partial charge in [0.05, 0.1) is 6.61 Å². The summed E-state index contributed by atoms with van der Waals surface area (Å²) in [5.74, 6) is -1.76. The molecule has 13 heavy (non-hydrogen) atoms. The molecule has 4 nitrogen and oxygen atoms in total. The zero-order valence-electron chi connectivity index (χ0n) is 8.95. The van der Waals surface area contributed by atoms with Gasteiger partial charge in [0.25, 0.3) is 0 Å². The second-order valence-corrected chi connectivity index (χ2v) is 2.19. The molecule has 0 spiro atoms. The van der Waals surface area contributed by atoms with Gasteiger partial charge in [0.15, 0.2) is 0 Å². The van der Waals surface area contributed by atoms with E-state index in [-0.39, 0.29) is 31.0 Å². The second-order valence-electron chi connectivity index (χ2n) is 2.19. The smallest absolute Gasteiger partial charge is 1.00 e. The van der Waals surface area contributed by atoms with Crippen LogP contribution >= 0.6 is 0 Å². The third-order valence-electron chi connectivity index (χ3n) is 1.10. The van der Waals surface area contributed by atoms with Gasteiger partial charge >= 0.3 is 41.5 Å². The van der Waals surface area contributed by atoms with Crippen LogP contribution in [-0.2, 0) is 14.3 Å². The molecule has 0 amide bonds. The quantitative estimate of drug-likeness (QED) is 0.241. The Hall–Kier alpha value is -0.320. The third-order valence-corrected chi connectivity index (χ3v) is 1.10. The molecule has 0 aromatic heterocycles. The summed E-state index contributed by atoms with van der Waals surface area (Å²) >= 11 is 0. The summed E-state index contributed by atoms with van der Waals surface area (Å²) < 4.78 is 4.64.